The lowest BCUT2D eigenvalue weighted by Crippen LogP contribution is -2.11. The molecule has 13 aromatic rings. The number of benzene rings is 10. The molecule has 0 aliphatic heterocycles. The van der Waals surface area contributed by atoms with E-state index in [1.54, 1.807) is 0 Å². The number of hydrogen-bond donors (Lipinski definition) is 0. The van der Waals surface area contributed by atoms with Crippen LogP contribution in [0.3, 0.4) is 0 Å². The van der Waals surface area contributed by atoms with Crippen LogP contribution in [-0.4, -0.2) is 0 Å². The van der Waals surface area contributed by atoms with Gasteiger partial charge in [0.05, 0.1) is 41.0 Å². The maximum Gasteiger partial charge on any atom is 0.187 e. The van der Waals surface area contributed by atoms with Crippen molar-refractivity contribution in [3.05, 3.63) is 210 Å². The molecule has 73 heavy (non-hydrogen) atoms. The van der Waals surface area contributed by atoms with Gasteiger partial charge in [0, 0.05) is 77.7 Å². The van der Waals surface area contributed by atoms with E-state index in [4.69, 9.17) is 19.8 Å². The van der Waals surface area contributed by atoms with Crippen LogP contribution in [-0.2, 0) is 10.8 Å². The molecule has 0 fully saturated rings. The van der Waals surface area contributed by atoms with Crippen LogP contribution in [0.2, 0.25) is 0 Å². The molecule has 0 unspecified atom stereocenters. The molecule has 0 bridgehead atoms. The summed E-state index contributed by atoms with van der Waals surface area (Å²) in [6.07, 6.45) is 0. The van der Waals surface area contributed by atoms with E-state index < -0.39 is 0 Å². The van der Waals surface area contributed by atoms with Gasteiger partial charge in [0.2, 0.25) is 0 Å². The monoisotopic (exact) mass is 944 g/mol. The van der Waals surface area contributed by atoms with Crippen molar-refractivity contribution in [1.29, 1.82) is 5.26 Å². The molecule has 7 nitrogen and oxygen atoms in total. The molecular formula is C66H48N4O3. The third-order valence-electron chi connectivity index (χ3n) is 14.5. The van der Waals surface area contributed by atoms with E-state index in [-0.39, 0.29) is 10.8 Å². The number of nitrogens with zero attached hydrogens (tertiary/aromatic N) is 4. The van der Waals surface area contributed by atoms with E-state index in [0.717, 1.165) is 133 Å². The first-order valence-corrected chi connectivity index (χ1v) is 24.7. The minimum Gasteiger partial charge on any atom is -0.456 e. The van der Waals surface area contributed by atoms with Crippen molar-refractivity contribution in [3.8, 4) is 6.07 Å². The van der Waals surface area contributed by atoms with E-state index in [2.05, 4.69) is 196 Å². The first-order valence-electron chi connectivity index (χ1n) is 24.7. The summed E-state index contributed by atoms with van der Waals surface area (Å²) in [5.74, 6) is 0. The molecule has 0 aliphatic rings. The summed E-state index contributed by atoms with van der Waals surface area (Å²) in [6, 6.07) is 64.8. The zero-order chi connectivity index (χ0) is 49.9. The van der Waals surface area contributed by atoms with Crippen molar-refractivity contribution in [2.45, 2.75) is 52.4 Å². The SMILES string of the molecule is [C-]#[N+]c1ccc(N(c2cc3oc4cc(N(c5ccc(C#N)cc5)c5cccc6c5oc5c(C(C)(C)C)cccc56)c5ccccc5c4c3c3ccccc23)c2cccc3c2oc2c(C(C)(C)C)cccc23)cc1. The Balaban J connectivity index is 1.09. The summed E-state index contributed by atoms with van der Waals surface area (Å²) < 4.78 is 21.4. The third-order valence-corrected chi connectivity index (χ3v) is 14.5. The van der Waals surface area contributed by atoms with E-state index in [9.17, 15) is 5.26 Å². The lowest BCUT2D eigenvalue weighted by Gasteiger charge is -2.27. The average Bonchev–Trinajstić information content (AvgIpc) is 4.11. The Morgan fingerprint density at radius 2 is 0.795 bits per heavy atom. The quantitative estimate of drug-likeness (QED) is 0.155. The Hall–Kier alpha value is -9.30. The first-order chi connectivity index (χ1) is 35.4. The smallest absolute Gasteiger partial charge is 0.187 e. The standard InChI is InChI=1S/C66H48N4O3/c1-65(2,3)51-24-12-20-47-49-22-14-26-53(63(49)72-61(47)51)69(41-32-28-39(38-67)29-33-41)55-36-57-59(45-18-10-8-16-43(45)55)60-46-19-11-9-17-44(46)56(37-58(60)71-57)70(42-34-30-40(68-7)31-35-42)54-27-15-23-50-48-21-13-25-52(66(4,5)6)62(48)73-64(50)54/h8-37H,1-6H3. The summed E-state index contributed by atoms with van der Waals surface area (Å²) in [6.45, 7) is 21.1. The highest BCUT2D eigenvalue weighted by Gasteiger charge is 2.29. The highest BCUT2D eigenvalue weighted by molar-refractivity contribution is 6.30. The summed E-state index contributed by atoms with van der Waals surface area (Å²) in [7, 11) is 0. The molecule has 0 saturated carbocycles. The van der Waals surface area contributed by atoms with Gasteiger partial charge >= 0.3 is 0 Å². The summed E-state index contributed by atoms with van der Waals surface area (Å²) in [4.78, 5) is 8.24. The van der Waals surface area contributed by atoms with Crippen LogP contribution in [0.15, 0.2) is 195 Å². The Labute approximate surface area is 422 Å². The first kappa shape index (κ1) is 43.7. The van der Waals surface area contributed by atoms with E-state index in [1.165, 1.54) is 0 Å². The van der Waals surface area contributed by atoms with Gasteiger partial charge in [-0.25, -0.2) is 4.85 Å². The minimum atomic E-state index is -0.149. The van der Waals surface area contributed by atoms with E-state index >= 15 is 0 Å². The Morgan fingerprint density at radius 3 is 1.21 bits per heavy atom. The molecule has 0 N–H and O–H groups in total. The normalized spacial score (nSPS) is 12.2. The van der Waals surface area contributed by atoms with Crippen molar-refractivity contribution in [1.82, 2.24) is 0 Å². The van der Waals surface area contributed by atoms with Crippen LogP contribution in [0.25, 0.3) is 92.2 Å². The molecule has 0 saturated heterocycles. The second kappa shape index (κ2) is 16.1. The fourth-order valence-corrected chi connectivity index (χ4v) is 11.1. The zero-order valence-electron chi connectivity index (χ0n) is 41.3. The summed E-state index contributed by atoms with van der Waals surface area (Å²) in [5, 5.41) is 20.2. The van der Waals surface area contributed by atoms with Crippen LogP contribution in [0.4, 0.5) is 39.8 Å². The minimum absolute atomic E-state index is 0.147. The molecule has 0 spiro atoms. The van der Waals surface area contributed by atoms with Gasteiger partial charge in [-0.15, -0.1) is 0 Å². The second-order valence-electron chi connectivity index (χ2n) is 21.1. The fraction of sp³-hybridized carbons (Fsp3) is 0.121. The van der Waals surface area contributed by atoms with Crippen LogP contribution < -0.4 is 9.80 Å². The number of furan rings is 3. The highest BCUT2D eigenvalue weighted by atomic mass is 16.3. The number of nitriles is 1. The third kappa shape index (κ3) is 6.77. The molecule has 13 rings (SSSR count). The Kier molecular flexibility index (Phi) is 9.65. The van der Waals surface area contributed by atoms with Crippen molar-refractivity contribution < 1.29 is 13.3 Å². The molecule has 0 aliphatic carbocycles. The van der Waals surface area contributed by atoms with Gasteiger partial charge in [-0.2, -0.15) is 5.26 Å². The van der Waals surface area contributed by atoms with Crippen molar-refractivity contribution in [3.63, 3.8) is 0 Å². The highest BCUT2D eigenvalue weighted by Crippen LogP contribution is 2.52. The Bertz CT molecular complexity index is 4200. The maximum atomic E-state index is 9.93. The summed E-state index contributed by atoms with van der Waals surface area (Å²) in [5.41, 5.74) is 13.1. The molecule has 0 radical (unpaired) electrons. The average molecular weight is 945 g/mol. The van der Waals surface area contributed by atoms with Crippen molar-refractivity contribution in [2.24, 2.45) is 0 Å². The molecular weight excluding hydrogens is 897 g/mol. The van der Waals surface area contributed by atoms with Crippen LogP contribution >= 0.6 is 0 Å². The molecule has 7 heteroatoms. The maximum absolute atomic E-state index is 9.93. The predicted octanol–water partition coefficient (Wildman–Crippen LogP) is 19.6. The van der Waals surface area contributed by atoms with Crippen LogP contribution in [0, 0.1) is 17.9 Å². The fourth-order valence-electron chi connectivity index (χ4n) is 11.1. The lowest BCUT2D eigenvalue weighted by molar-refractivity contribution is 0.572. The molecule has 3 heterocycles. The van der Waals surface area contributed by atoms with Crippen molar-refractivity contribution >= 4 is 127 Å². The molecule has 10 aromatic carbocycles. The molecule has 0 atom stereocenters. The lowest BCUT2D eigenvalue weighted by atomic mass is 9.86. The second-order valence-corrected chi connectivity index (χ2v) is 21.1. The molecule has 3 aromatic heterocycles. The number of hydrogen-bond acceptors (Lipinski definition) is 6. The molecule has 350 valence electrons. The largest absolute Gasteiger partial charge is 0.456 e. The van der Waals surface area contributed by atoms with Gasteiger partial charge in [-0.1, -0.05) is 163 Å². The van der Waals surface area contributed by atoms with Crippen molar-refractivity contribution in [2.75, 3.05) is 9.80 Å². The van der Waals surface area contributed by atoms with Crippen LogP contribution in [0.5, 0.6) is 0 Å². The molecule has 0 amide bonds. The number of para-hydroxylation sites is 4. The number of rotatable bonds is 6. The van der Waals surface area contributed by atoms with Gasteiger partial charge in [-0.3, -0.25) is 0 Å². The topological polar surface area (TPSA) is 74.1 Å². The van der Waals surface area contributed by atoms with Gasteiger partial charge in [0.1, 0.15) is 22.3 Å². The van der Waals surface area contributed by atoms with Gasteiger partial charge < -0.3 is 23.1 Å². The number of fused-ring (bicyclic) bond motifs is 13. The van der Waals surface area contributed by atoms with Gasteiger partial charge in [-0.05, 0) is 70.1 Å². The van der Waals surface area contributed by atoms with Gasteiger partial charge in [0.25, 0.3) is 0 Å². The predicted molar refractivity (Wildman–Crippen MR) is 301 cm³/mol. The zero-order valence-corrected chi connectivity index (χ0v) is 41.3. The summed E-state index contributed by atoms with van der Waals surface area (Å²) >= 11 is 0. The van der Waals surface area contributed by atoms with Crippen LogP contribution in [0.1, 0.15) is 58.2 Å². The van der Waals surface area contributed by atoms with Gasteiger partial charge in [0.15, 0.2) is 16.9 Å². The van der Waals surface area contributed by atoms with E-state index in [0.29, 0.717) is 11.3 Å². The Morgan fingerprint density at radius 1 is 0.411 bits per heavy atom. The van der Waals surface area contributed by atoms with E-state index in [1.807, 2.05) is 48.5 Å². The number of anilines is 6.